The highest BCUT2D eigenvalue weighted by Gasteiger charge is 2.30. The molecule has 2 rings (SSSR count). The summed E-state index contributed by atoms with van der Waals surface area (Å²) in [7, 11) is 0. The third kappa shape index (κ3) is 3.99. The van der Waals surface area contributed by atoms with Gasteiger partial charge in [0.2, 0.25) is 0 Å². The molecule has 0 radical (unpaired) electrons. The molecular weight excluding hydrogens is 244 g/mol. The number of aliphatic hydroxyl groups is 2. The third-order valence-corrected chi connectivity index (χ3v) is 3.89. The largest absolute Gasteiger partial charge is 0.396 e. The van der Waals surface area contributed by atoms with Gasteiger partial charge in [-0.1, -0.05) is 24.5 Å². The number of aliphatic hydroxyl groups excluding tert-OH is 2. The molecule has 0 unspecified atom stereocenters. The smallest absolute Gasteiger partial charge is 0.0965 e. The van der Waals surface area contributed by atoms with Gasteiger partial charge in [-0.2, -0.15) is 0 Å². The Morgan fingerprint density at radius 3 is 2.74 bits per heavy atom. The number of aromatic nitrogens is 3. The quantitative estimate of drug-likeness (QED) is 0.668. The summed E-state index contributed by atoms with van der Waals surface area (Å²) in [6, 6.07) is 0. The number of hydrogen-bond donors (Lipinski definition) is 3. The fraction of sp³-hybridized carbons (Fsp3) is 0.846. The molecule has 3 N–H and O–H groups in total. The van der Waals surface area contributed by atoms with Crippen LogP contribution in [0.25, 0.3) is 0 Å². The minimum Gasteiger partial charge on any atom is -0.396 e. The Hall–Kier alpha value is -0.980. The van der Waals surface area contributed by atoms with E-state index in [1.165, 1.54) is 19.3 Å². The van der Waals surface area contributed by atoms with Gasteiger partial charge >= 0.3 is 0 Å². The van der Waals surface area contributed by atoms with Crippen molar-refractivity contribution in [2.45, 2.75) is 57.2 Å². The van der Waals surface area contributed by atoms with Crippen molar-refractivity contribution < 1.29 is 10.2 Å². The minimum absolute atomic E-state index is 0.132. The Morgan fingerprint density at radius 2 is 2.05 bits per heavy atom. The van der Waals surface area contributed by atoms with E-state index in [-0.39, 0.29) is 18.8 Å². The first kappa shape index (κ1) is 14.4. The molecule has 1 fully saturated rings. The van der Waals surface area contributed by atoms with Crippen molar-refractivity contribution in [2.75, 3.05) is 13.2 Å². The van der Waals surface area contributed by atoms with Gasteiger partial charge in [-0.05, 0) is 19.3 Å². The average molecular weight is 268 g/mol. The van der Waals surface area contributed by atoms with Gasteiger partial charge in [0, 0.05) is 31.4 Å². The van der Waals surface area contributed by atoms with Crippen LogP contribution in [-0.2, 0) is 13.1 Å². The van der Waals surface area contributed by atoms with E-state index >= 15 is 0 Å². The van der Waals surface area contributed by atoms with Crippen LogP contribution in [0.2, 0.25) is 0 Å². The molecule has 1 heterocycles. The van der Waals surface area contributed by atoms with Gasteiger partial charge in [0.15, 0.2) is 0 Å². The second-order valence-electron chi connectivity index (χ2n) is 5.40. The number of rotatable bonds is 7. The Balaban J connectivity index is 1.84. The highest BCUT2D eigenvalue weighted by atomic mass is 16.3. The summed E-state index contributed by atoms with van der Waals surface area (Å²) in [5, 5.41) is 30.0. The molecule has 0 atom stereocenters. The molecule has 1 aliphatic carbocycles. The maximum Gasteiger partial charge on any atom is 0.0965 e. The van der Waals surface area contributed by atoms with Crippen molar-refractivity contribution in [2.24, 2.45) is 0 Å². The first-order valence-corrected chi connectivity index (χ1v) is 7.14. The van der Waals surface area contributed by atoms with Gasteiger partial charge in [-0.25, -0.2) is 0 Å². The highest BCUT2D eigenvalue weighted by Crippen LogP contribution is 2.27. The predicted molar refractivity (Wildman–Crippen MR) is 71.5 cm³/mol. The Bertz CT molecular complexity index is 374. The van der Waals surface area contributed by atoms with Crippen LogP contribution in [0.5, 0.6) is 0 Å². The molecule has 0 bridgehead atoms. The fourth-order valence-corrected chi connectivity index (χ4v) is 2.66. The van der Waals surface area contributed by atoms with Gasteiger partial charge in [0.25, 0.3) is 0 Å². The number of hydrogen-bond acceptors (Lipinski definition) is 5. The lowest BCUT2D eigenvalue weighted by Crippen LogP contribution is -2.49. The SMILES string of the molecule is OCCCn1cc(CNC2(CO)CCCCC2)nn1. The van der Waals surface area contributed by atoms with Gasteiger partial charge in [0.05, 0.1) is 12.3 Å². The molecule has 1 aromatic rings. The molecule has 108 valence electrons. The van der Waals surface area contributed by atoms with Gasteiger partial charge in [-0.3, -0.25) is 4.68 Å². The highest BCUT2D eigenvalue weighted by molar-refractivity contribution is 4.97. The van der Waals surface area contributed by atoms with Crippen LogP contribution in [0.15, 0.2) is 6.20 Å². The zero-order chi connectivity index (χ0) is 13.6. The van der Waals surface area contributed by atoms with Gasteiger partial charge in [-0.15, -0.1) is 5.10 Å². The van der Waals surface area contributed by atoms with Gasteiger partial charge < -0.3 is 15.5 Å². The number of nitrogens with one attached hydrogen (secondary N) is 1. The molecule has 0 saturated heterocycles. The van der Waals surface area contributed by atoms with Crippen LogP contribution in [0.1, 0.15) is 44.2 Å². The normalized spacial score (nSPS) is 18.6. The number of nitrogens with zero attached hydrogens (tertiary/aromatic N) is 3. The van der Waals surface area contributed by atoms with Crippen molar-refractivity contribution in [3.8, 4) is 0 Å². The molecule has 1 saturated carbocycles. The molecule has 1 aliphatic rings. The maximum absolute atomic E-state index is 9.61. The molecular formula is C13H24N4O2. The summed E-state index contributed by atoms with van der Waals surface area (Å²) < 4.78 is 1.75. The van der Waals surface area contributed by atoms with Crippen LogP contribution < -0.4 is 5.32 Å². The van der Waals surface area contributed by atoms with E-state index in [0.29, 0.717) is 19.5 Å². The van der Waals surface area contributed by atoms with E-state index in [9.17, 15) is 5.11 Å². The van der Waals surface area contributed by atoms with E-state index in [1.807, 2.05) is 6.20 Å². The topological polar surface area (TPSA) is 83.2 Å². The van der Waals surface area contributed by atoms with Crippen LogP contribution in [0.4, 0.5) is 0 Å². The van der Waals surface area contributed by atoms with Gasteiger partial charge in [0.1, 0.15) is 0 Å². The molecule has 0 aliphatic heterocycles. The Kier molecular flexibility index (Phi) is 5.30. The lowest BCUT2D eigenvalue weighted by molar-refractivity contribution is 0.119. The minimum atomic E-state index is -0.132. The fourth-order valence-electron chi connectivity index (χ4n) is 2.66. The molecule has 0 spiro atoms. The summed E-state index contributed by atoms with van der Waals surface area (Å²) in [5.41, 5.74) is 0.754. The van der Waals surface area contributed by atoms with Crippen LogP contribution in [0.3, 0.4) is 0 Å². The molecule has 6 heteroatoms. The standard InChI is InChI=1S/C13H24N4O2/c18-8-4-7-17-10-12(15-16-17)9-14-13(11-19)5-2-1-3-6-13/h10,14,18-19H,1-9,11H2. The lowest BCUT2D eigenvalue weighted by Gasteiger charge is -2.36. The molecule has 0 aromatic carbocycles. The predicted octanol–water partition coefficient (Wildman–Crippen LogP) is 0.445. The van der Waals surface area contributed by atoms with E-state index in [1.54, 1.807) is 4.68 Å². The monoisotopic (exact) mass is 268 g/mol. The average Bonchev–Trinajstić information content (AvgIpc) is 2.92. The zero-order valence-electron chi connectivity index (χ0n) is 11.4. The summed E-state index contributed by atoms with van der Waals surface area (Å²) in [6.07, 6.45) is 8.27. The molecule has 0 amide bonds. The van der Waals surface area contributed by atoms with E-state index < -0.39 is 0 Å². The van der Waals surface area contributed by atoms with E-state index in [4.69, 9.17) is 5.11 Å². The van der Waals surface area contributed by atoms with Crippen molar-refractivity contribution in [1.29, 1.82) is 0 Å². The summed E-state index contributed by atoms with van der Waals surface area (Å²) in [5.74, 6) is 0. The van der Waals surface area contributed by atoms with Crippen molar-refractivity contribution in [1.82, 2.24) is 20.3 Å². The number of aryl methyl sites for hydroxylation is 1. The Morgan fingerprint density at radius 1 is 1.26 bits per heavy atom. The summed E-state index contributed by atoms with van der Waals surface area (Å²) in [6.45, 7) is 1.68. The van der Waals surface area contributed by atoms with Crippen molar-refractivity contribution in [3.63, 3.8) is 0 Å². The zero-order valence-corrected chi connectivity index (χ0v) is 11.4. The first-order chi connectivity index (χ1) is 9.28. The van der Waals surface area contributed by atoms with Crippen molar-refractivity contribution in [3.05, 3.63) is 11.9 Å². The van der Waals surface area contributed by atoms with Crippen LogP contribution >= 0.6 is 0 Å². The molecule has 19 heavy (non-hydrogen) atoms. The second-order valence-corrected chi connectivity index (χ2v) is 5.40. The van der Waals surface area contributed by atoms with E-state index in [0.717, 1.165) is 18.5 Å². The van der Waals surface area contributed by atoms with E-state index in [2.05, 4.69) is 15.6 Å². The maximum atomic E-state index is 9.61. The summed E-state index contributed by atoms with van der Waals surface area (Å²) in [4.78, 5) is 0. The van der Waals surface area contributed by atoms with Crippen LogP contribution in [-0.4, -0.2) is 44.0 Å². The lowest BCUT2D eigenvalue weighted by atomic mass is 9.82. The van der Waals surface area contributed by atoms with Crippen LogP contribution in [0, 0.1) is 0 Å². The van der Waals surface area contributed by atoms with Crippen molar-refractivity contribution >= 4 is 0 Å². The second kappa shape index (κ2) is 6.98. The first-order valence-electron chi connectivity index (χ1n) is 7.14. The molecule has 6 nitrogen and oxygen atoms in total. The summed E-state index contributed by atoms with van der Waals surface area (Å²) >= 11 is 0. The Labute approximate surface area is 113 Å². The molecule has 1 aromatic heterocycles. The third-order valence-electron chi connectivity index (χ3n) is 3.89.